The van der Waals surface area contributed by atoms with Crippen LogP contribution in [0.1, 0.15) is 5.76 Å². The molecule has 5 rings (SSSR count). The Morgan fingerprint density at radius 2 is 1.61 bits per heavy atom. The Morgan fingerprint density at radius 1 is 0.903 bits per heavy atom. The SMILES string of the molecule is O=C1N=C(N2CCN(c3ccccc3)CC2)S/C1=C/c1ccc(-c2ccccc2Cl)o1. The van der Waals surface area contributed by atoms with E-state index in [0.717, 1.165) is 36.9 Å². The number of carbonyl (C=O) groups is 1. The highest BCUT2D eigenvalue weighted by Gasteiger charge is 2.28. The Bertz CT molecular complexity index is 1160. The van der Waals surface area contributed by atoms with E-state index < -0.39 is 0 Å². The Kier molecular flexibility index (Phi) is 5.57. The summed E-state index contributed by atoms with van der Waals surface area (Å²) in [5, 5.41) is 1.39. The molecule has 1 amide bonds. The molecule has 7 heteroatoms. The highest BCUT2D eigenvalue weighted by atomic mass is 35.5. The van der Waals surface area contributed by atoms with Gasteiger partial charge in [-0.05, 0) is 48.2 Å². The smallest absolute Gasteiger partial charge is 0.286 e. The summed E-state index contributed by atoms with van der Waals surface area (Å²) in [6, 6.07) is 21.6. The van der Waals surface area contributed by atoms with Crippen LogP contribution >= 0.6 is 23.4 Å². The van der Waals surface area contributed by atoms with Crippen molar-refractivity contribution >= 4 is 46.2 Å². The molecule has 2 aliphatic rings. The number of hydrogen-bond donors (Lipinski definition) is 0. The lowest BCUT2D eigenvalue weighted by molar-refractivity contribution is -0.113. The molecule has 3 heterocycles. The van der Waals surface area contributed by atoms with Crippen LogP contribution in [0.25, 0.3) is 17.4 Å². The average Bonchev–Trinajstić information content (AvgIpc) is 3.42. The van der Waals surface area contributed by atoms with Crippen molar-refractivity contribution in [2.45, 2.75) is 0 Å². The summed E-state index contributed by atoms with van der Waals surface area (Å²) in [7, 11) is 0. The molecular formula is C24H20ClN3O2S. The molecule has 0 saturated carbocycles. The molecule has 0 bridgehead atoms. The van der Waals surface area contributed by atoms with Gasteiger partial charge >= 0.3 is 0 Å². The lowest BCUT2D eigenvalue weighted by Crippen LogP contribution is -2.47. The second kappa shape index (κ2) is 8.65. The number of piperazine rings is 1. The third-order valence-corrected chi connectivity index (χ3v) is 6.69. The number of benzene rings is 2. The van der Waals surface area contributed by atoms with Crippen LogP contribution in [0.2, 0.25) is 5.02 Å². The number of nitrogens with zero attached hydrogens (tertiary/aromatic N) is 3. The standard InChI is InChI=1S/C24H20ClN3O2S/c25-20-9-5-4-8-19(20)21-11-10-18(30-21)16-22-23(29)26-24(31-22)28-14-12-27(13-15-28)17-6-2-1-3-7-17/h1-11,16H,12-15H2/b22-16+. The van der Waals surface area contributed by atoms with Crippen LogP contribution in [0.3, 0.4) is 0 Å². The first-order valence-electron chi connectivity index (χ1n) is 10.1. The molecule has 0 spiro atoms. The maximum atomic E-state index is 12.5. The molecule has 2 aliphatic heterocycles. The normalized spacial score (nSPS) is 18.0. The second-order valence-corrected chi connectivity index (χ2v) is 8.72. The largest absolute Gasteiger partial charge is 0.457 e. The van der Waals surface area contributed by atoms with E-state index in [1.54, 1.807) is 6.08 Å². The van der Waals surface area contributed by atoms with Crippen molar-refractivity contribution in [1.82, 2.24) is 4.90 Å². The Labute approximate surface area is 190 Å². The van der Waals surface area contributed by atoms with Crippen LogP contribution in [-0.2, 0) is 4.79 Å². The molecule has 1 fully saturated rings. The molecule has 3 aromatic rings. The monoisotopic (exact) mass is 449 g/mol. The van der Waals surface area contributed by atoms with Crippen molar-refractivity contribution < 1.29 is 9.21 Å². The molecule has 1 saturated heterocycles. The minimum atomic E-state index is -0.221. The Balaban J connectivity index is 1.25. The third kappa shape index (κ3) is 4.27. The number of amides is 1. The number of para-hydroxylation sites is 1. The Hall–Kier alpha value is -2.96. The molecule has 156 valence electrons. The first kappa shape index (κ1) is 20.0. The van der Waals surface area contributed by atoms with Crippen LogP contribution in [0, 0.1) is 0 Å². The van der Waals surface area contributed by atoms with Crippen molar-refractivity contribution in [2.24, 2.45) is 4.99 Å². The Morgan fingerprint density at radius 3 is 2.39 bits per heavy atom. The van der Waals surface area contributed by atoms with E-state index in [4.69, 9.17) is 16.0 Å². The molecule has 1 aromatic heterocycles. The fourth-order valence-electron chi connectivity index (χ4n) is 3.69. The number of furan rings is 1. The first-order chi connectivity index (χ1) is 15.2. The lowest BCUT2D eigenvalue weighted by atomic mass is 10.2. The van der Waals surface area contributed by atoms with Crippen LogP contribution in [-0.4, -0.2) is 42.2 Å². The van der Waals surface area contributed by atoms with Gasteiger partial charge in [0.1, 0.15) is 11.5 Å². The summed E-state index contributed by atoms with van der Waals surface area (Å²) >= 11 is 7.66. The van der Waals surface area contributed by atoms with E-state index in [1.165, 1.54) is 17.4 Å². The quantitative estimate of drug-likeness (QED) is 0.501. The van der Waals surface area contributed by atoms with Gasteiger partial charge in [0.05, 0.1) is 9.93 Å². The molecule has 0 unspecified atom stereocenters. The highest BCUT2D eigenvalue weighted by Crippen LogP contribution is 2.33. The minimum Gasteiger partial charge on any atom is -0.457 e. The van der Waals surface area contributed by atoms with Crippen molar-refractivity contribution in [3.05, 3.63) is 82.4 Å². The summed E-state index contributed by atoms with van der Waals surface area (Å²) in [6.07, 6.45) is 1.75. The predicted octanol–water partition coefficient (Wildman–Crippen LogP) is 5.39. The van der Waals surface area contributed by atoms with Gasteiger partial charge in [-0.25, -0.2) is 0 Å². The fourth-order valence-corrected chi connectivity index (χ4v) is 4.87. The molecule has 2 aromatic carbocycles. The second-order valence-electron chi connectivity index (χ2n) is 7.30. The maximum Gasteiger partial charge on any atom is 0.286 e. The van der Waals surface area contributed by atoms with Crippen molar-refractivity contribution in [3.8, 4) is 11.3 Å². The fraction of sp³-hybridized carbons (Fsp3) is 0.167. The molecular weight excluding hydrogens is 430 g/mol. The van der Waals surface area contributed by atoms with Crippen molar-refractivity contribution in [1.29, 1.82) is 0 Å². The van der Waals surface area contributed by atoms with Crippen LogP contribution < -0.4 is 4.90 Å². The van der Waals surface area contributed by atoms with Gasteiger partial charge in [-0.1, -0.05) is 41.9 Å². The van der Waals surface area contributed by atoms with E-state index in [2.05, 4.69) is 39.1 Å². The number of anilines is 1. The summed E-state index contributed by atoms with van der Waals surface area (Å²) < 4.78 is 5.91. The number of rotatable bonds is 3. The van der Waals surface area contributed by atoms with Crippen molar-refractivity contribution in [2.75, 3.05) is 31.1 Å². The van der Waals surface area contributed by atoms with Gasteiger partial charge < -0.3 is 14.2 Å². The summed E-state index contributed by atoms with van der Waals surface area (Å²) in [5.74, 6) is 1.06. The first-order valence-corrected chi connectivity index (χ1v) is 11.3. The number of amidine groups is 1. The molecule has 31 heavy (non-hydrogen) atoms. The average molecular weight is 450 g/mol. The van der Waals surface area contributed by atoms with Gasteiger partial charge in [-0.3, -0.25) is 4.79 Å². The zero-order chi connectivity index (χ0) is 21.2. The topological polar surface area (TPSA) is 49.1 Å². The van der Waals surface area contributed by atoms with Crippen LogP contribution in [0.5, 0.6) is 0 Å². The number of thioether (sulfide) groups is 1. The zero-order valence-electron chi connectivity index (χ0n) is 16.7. The molecule has 0 aliphatic carbocycles. The van der Waals surface area contributed by atoms with Gasteiger partial charge in [0.15, 0.2) is 5.17 Å². The predicted molar refractivity (Wildman–Crippen MR) is 127 cm³/mol. The summed E-state index contributed by atoms with van der Waals surface area (Å²) in [4.78, 5) is 21.9. The highest BCUT2D eigenvalue weighted by molar-refractivity contribution is 8.18. The number of carbonyl (C=O) groups excluding carboxylic acids is 1. The van der Waals surface area contributed by atoms with Crippen LogP contribution in [0.15, 0.2) is 81.0 Å². The zero-order valence-corrected chi connectivity index (χ0v) is 18.3. The number of hydrogen-bond acceptors (Lipinski definition) is 5. The van der Waals surface area contributed by atoms with E-state index >= 15 is 0 Å². The molecule has 0 atom stereocenters. The molecule has 0 radical (unpaired) electrons. The molecule has 5 nitrogen and oxygen atoms in total. The van der Waals surface area contributed by atoms with Gasteiger partial charge in [-0.2, -0.15) is 4.99 Å². The van der Waals surface area contributed by atoms with Crippen LogP contribution in [0.4, 0.5) is 5.69 Å². The minimum absolute atomic E-state index is 0.221. The third-order valence-electron chi connectivity index (χ3n) is 5.32. The maximum absolute atomic E-state index is 12.5. The summed E-state index contributed by atoms with van der Waals surface area (Å²) in [5.41, 5.74) is 2.06. The van der Waals surface area contributed by atoms with E-state index in [0.29, 0.717) is 21.4 Å². The van der Waals surface area contributed by atoms with Crippen molar-refractivity contribution in [3.63, 3.8) is 0 Å². The van der Waals surface area contributed by atoms with E-state index in [1.807, 2.05) is 42.5 Å². The van der Waals surface area contributed by atoms with Gasteiger partial charge in [0.25, 0.3) is 5.91 Å². The molecule has 0 N–H and O–H groups in total. The van der Waals surface area contributed by atoms with Gasteiger partial charge in [0.2, 0.25) is 0 Å². The summed E-state index contributed by atoms with van der Waals surface area (Å²) in [6.45, 7) is 3.46. The van der Waals surface area contributed by atoms with E-state index in [-0.39, 0.29) is 5.91 Å². The lowest BCUT2D eigenvalue weighted by Gasteiger charge is -2.36. The number of halogens is 1. The van der Waals surface area contributed by atoms with Gasteiger partial charge in [-0.15, -0.1) is 0 Å². The van der Waals surface area contributed by atoms with E-state index in [9.17, 15) is 4.79 Å². The van der Waals surface area contributed by atoms with Gasteiger partial charge in [0, 0.05) is 43.5 Å². The number of aliphatic imine (C=N–C) groups is 1.